The molecule has 0 heterocycles. The predicted molar refractivity (Wildman–Crippen MR) is 110 cm³/mol. The van der Waals surface area contributed by atoms with Crippen LogP contribution < -0.4 is 16.0 Å². The van der Waals surface area contributed by atoms with E-state index in [1.54, 1.807) is 19.2 Å². The first-order valence-corrected chi connectivity index (χ1v) is 8.09. The maximum atomic E-state index is 13.1. The van der Waals surface area contributed by atoms with Crippen molar-refractivity contribution in [2.75, 3.05) is 38.7 Å². The number of hydrogen-bond acceptors (Lipinski definition) is 3. The number of rotatable bonds is 9. The Bertz CT molecular complexity index is 541. The topological polar surface area (TPSA) is 74.8 Å². The molecule has 0 saturated carbocycles. The predicted octanol–water partition coefficient (Wildman–Crippen LogP) is 2.61. The minimum atomic E-state index is -0.391. The van der Waals surface area contributed by atoms with Crippen molar-refractivity contribution < 1.29 is 13.9 Å². The number of ether oxygens (including phenoxy) is 1. The molecule has 0 atom stereocenters. The van der Waals surface area contributed by atoms with Crippen LogP contribution in [0.15, 0.2) is 29.3 Å². The molecule has 1 aromatic carbocycles. The number of amides is 1. The number of nitrogens with one attached hydrogen (secondary N) is 3. The number of guanidine groups is 1. The fourth-order valence-corrected chi connectivity index (χ4v) is 1.86. The normalized spacial score (nSPS) is 11.0. The molecule has 0 saturated heterocycles. The van der Waals surface area contributed by atoms with Crippen molar-refractivity contribution in [1.29, 1.82) is 0 Å². The Hall–Kier alpha value is -1.42. The highest BCUT2D eigenvalue weighted by atomic mass is 127. The number of benzene rings is 1. The highest BCUT2D eigenvalue weighted by molar-refractivity contribution is 14.0. The van der Waals surface area contributed by atoms with E-state index in [2.05, 4.69) is 34.8 Å². The van der Waals surface area contributed by atoms with E-state index >= 15 is 0 Å². The Morgan fingerprint density at radius 1 is 1.32 bits per heavy atom. The van der Waals surface area contributed by atoms with E-state index in [-0.39, 0.29) is 36.4 Å². The number of carbonyl (C=O) groups excluding carboxylic acids is 1. The van der Waals surface area contributed by atoms with Crippen LogP contribution in [0, 0.1) is 11.7 Å². The number of aliphatic imine (C=N–C) groups is 1. The van der Waals surface area contributed by atoms with Gasteiger partial charge in [-0.15, -0.1) is 24.0 Å². The van der Waals surface area contributed by atoms with Crippen molar-refractivity contribution in [3.63, 3.8) is 0 Å². The molecule has 25 heavy (non-hydrogen) atoms. The van der Waals surface area contributed by atoms with E-state index < -0.39 is 5.82 Å². The highest BCUT2D eigenvalue weighted by Crippen LogP contribution is 2.08. The minimum Gasteiger partial charge on any atom is -0.381 e. The second-order valence-electron chi connectivity index (χ2n) is 5.73. The molecule has 3 N–H and O–H groups in total. The molecule has 0 aliphatic rings. The van der Waals surface area contributed by atoms with Gasteiger partial charge >= 0.3 is 0 Å². The molecule has 8 heteroatoms. The molecule has 1 amide bonds. The average Bonchev–Trinajstić information content (AvgIpc) is 2.53. The molecule has 0 bridgehead atoms. The summed E-state index contributed by atoms with van der Waals surface area (Å²) >= 11 is 0. The summed E-state index contributed by atoms with van der Waals surface area (Å²) in [6.07, 6.45) is 0.850. The molecule has 0 aliphatic heterocycles. The van der Waals surface area contributed by atoms with Crippen LogP contribution in [0.25, 0.3) is 0 Å². The van der Waals surface area contributed by atoms with Crippen LogP contribution in [0.1, 0.15) is 20.3 Å². The molecule has 0 aromatic heterocycles. The standard InChI is InChI=1S/C17H27FN4O2.HI/c1-13(2)12-24-9-5-8-20-17(19-3)21-11-16(23)22-15-7-4-6-14(18)10-15;/h4,6-7,10,13H,5,8-9,11-12H2,1-3H3,(H,22,23)(H2,19,20,21);1H. The zero-order valence-corrected chi connectivity index (χ0v) is 17.3. The summed E-state index contributed by atoms with van der Waals surface area (Å²) in [5.41, 5.74) is 0.423. The summed E-state index contributed by atoms with van der Waals surface area (Å²) in [6, 6.07) is 5.76. The van der Waals surface area contributed by atoms with Gasteiger partial charge in [0.2, 0.25) is 5.91 Å². The van der Waals surface area contributed by atoms with Gasteiger partial charge < -0.3 is 20.7 Å². The van der Waals surface area contributed by atoms with Crippen LogP contribution in [0.4, 0.5) is 10.1 Å². The van der Waals surface area contributed by atoms with Crippen LogP contribution in [0.5, 0.6) is 0 Å². The van der Waals surface area contributed by atoms with Crippen molar-refractivity contribution >= 4 is 41.5 Å². The summed E-state index contributed by atoms with van der Waals surface area (Å²) in [5, 5.41) is 8.62. The van der Waals surface area contributed by atoms with Gasteiger partial charge in [-0.1, -0.05) is 19.9 Å². The van der Waals surface area contributed by atoms with Gasteiger partial charge in [-0.2, -0.15) is 0 Å². The van der Waals surface area contributed by atoms with E-state index in [4.69, 9.17) is 4.74 Å². The first-order valence-electron chi connectivity index (χ1n) is 8.09. The number of anilines is 1. The summed E-state index contributed by atoms with van der Waals surface area (Å²) < 4.78 is 18.5. The van der Waals surface area contributed by atoms with Crippen molar-refractivity contribution in [3.05, 3.63) is 30.1 Å². The molecule has 0 fully saturated rings. The lowest BCUT2D eigenvalue weighted by atomic mass is 10.2. The molecule has 0 unspecified atom stereocenters. The first kappa shape index (κ1) is 23.6. The summed E-state index contributed by atoms with van der Waals surface area (Å²) in [4.78, 5) is 15.9. The molecule has 142 valence electrons. The van der Waals surface area contributed by atoms with Crippen molar-refractivity contribution in [2.45, 2.75) is 20.3 Å². The van der Waals surface area contributed by atoms with Crippen LogP contribution in [-0.4, -0.2) is 45.2 Å². The lowest BCUT2D eigenvalue weighted by Crippen LogP contribution is -2.41. The number of nitrogens with zero attached hydrogens (tertiary/aromatic N) is 1. The van der Waals surface area contributed by atoms with E-state index in [0.29, 0.717) is 30.7 Å². The van der Waals surface area contributed by atoms with Crippen molar-refractivity contribution in [1.82, 2.24) is 10.6 Å². The summed E-state index contributed by atoms with van der Waals surface area (Å²) in [5.74, 6) is 0.402. The van der Waals surface area contributed by atoms with E-state index in [1.165, 1.54) is 12.1 Å². The van der Waals surface area contributed by atoms with Gasteiger partial charge in [0.25, 0.3) is 0 Å². The molecule has 0 radical (unpaired) electrons. The third kappa shape index (κ3) is 11.7. The van der Waals surface area contributed by atoms with Gasteiger partial charge in [-0.05, 0) is 30.5 Å². The molecular formula is C17H28FIN4O2. The van der Waals surface area contributed by atoms with Gasteiger partial charge in [0, 0.05) is 32.5 Å². The van der Waals surface area contributed by atoms with Gasteiger partial charge in [0.05, 0.1) is 6.54 Å². The number of halogens is 2. The molecular weight excluding hydrogens is 438 g/mol. The Morgan fingerprint density at radius 2 is 2.08 bits per heavy atom. The van der Waals surface area contributed by atoms with Gasteiger partial charge in [0.1, 0.15) is 5.82 Å². The Kier molecular flexibility index (Phi) is 13.0. The molecule has 6 nitrogen and oxygen atoms in total. The zero-order valence-electron chi connectivity index (χ0n) is 15.0. The van der Waals surface area contributed by atoms with Crippen LogP contribution in [0.2, 0.25) is 0 Å². The molecule has 0 aliphatic carbocycles. The molecule has 0 spiro atoms. The van der Waals surface area contributed by atoms with Gasteiger partial charge in [0.15, 0.2) is 5.96 Å². The fourth-order valence-electron chi connectivity index (χ4n) is 1.86. The van der Waals surface area contributed by atoms with E-state index in [0.717, 1.165) is 13.0 Å². The Balaban J connectivity index is 0.00000576. The average molecular weight is 466 g/mol. The second-order valence-corrected chi connectivity index (χ2v) is 5.73. The SMILES string of the molecule is CN=C(NCCCOCC(C)C)NCC(=O)Nc1cccc(F)c1.I. The Morgan fingerprint density at radius 3 is 2.72 bits per heavy atom. The maximum Gasteiger partial charge on any atom is 0.243 e. The number of hydrogen-bond donors (Lipinski definition) is 3. The highest BCUT2D eigenvalue weighted by Gasteiger charge is 2.05. The van der Waals surface area contributed by atoms with Crippen LogP contribution in [0.3, 0.4) is 0 Å². The number of carbonyl (C=O) groups is 1. The summed E-state index contributed by atoms with van der Waals surface area (Å²) in [6.45, 7) is 6.40. The first-order chi connectivity index (χ1) is 11.5. The van der Waals surface area contributed by atoms with Crippen molar-refractivity contribution in [2.24, 2.45) is 10.9 Å². The van der Waals surface area contributed by atoms with E-state index in [1.807, 2.05) is 0 Å². The van der Waals surface area contributed by atoms with E-state index in [9.17, 15) is 9.18 Å². The zero-order chi connectivity index (χ0) is 17.8. The fraction of sp³-hybridized carbons (Fsp3) is 0.529. The second kappa shape index (κ2) is 13.8. The lowest BCUT2D eigenvalue weighted by molar-refractivity contribution is -0.115. The van der Waals surface area contributed by atoms with Gasteiger partial charge in [-0.25, -0.2) is 4.39 Å². The quantitative estimate of drug-likeness (QED) is 0.227. The minimum absolute atomic E-state index is 0. The molecule has 1 rings (SSSR count). The maximum absolute atomic E-state index is 13.1. The van der Waals surface area contributed by atoms with Crippen molar-refractivity contribution in [3.8, 4) is 0 Å². The Labute approximate surface area is 166 Å². The third-order valence-electron chi connectivity index (χ3n) is 2.96. The monoisotopic (exact) mass is 466 g/mol. The van der Waals surface area contributed by atoms with Gasteiger partial charge in [-0.3, -0.25) is 9.79 Å². The van der Waals surface area contributed by atoms with Crippen LogP contribution in [-0.2, 0) is 9.53 Å². The largest absolute Gasteiger partial charge is 0.381 e. The summed E-state index contributed by atoms with van der Waals surface area (Å²) in [7, 11) is 1.63. The van der Waals surface area contributed by atoms with Crippen LogP contribution >= 0.6 is 24.0 Å². The smallest absolute Gasteiger partial charge is 0.243 e. The lowest BCUT2D eigenvalue weighted by Gasteiger charge is -2.12. The third-order valence-corrected chi connectivity index (χ3v) is 2.96. The molecule has 1 aromatic rings.